The molecule has 0 fully saturated rings. The van der Waals surface area contributed by atoms with Gasteiger partial charge in [-0.3, -0.25) is 0 Å². The predicted octanol–water partition coefficient (Wildman–Crippen LogP) is 16.6. The van der Waals surface area contributed by atoms with E-state index in [2.05, 4.69) is 144 Å². The van der Waals surface area contributed by atoms with Crippen molar-refractivity contribution in [2.75, 3.05) is 26.4 Å². The third kappa shape index (κ3) is 10.1. The zero-order valence-corrected chi connectivity index (χ0v) is 40.0. The summed E-state index contributed by atoms with van der Waals surface area (Å²) in [5.41, 5.74) is 17.0. The highest BCUT2D eigenvalue weighted by atomic mass is 16.5. The standard InChI is InChI=1S/C61H80O2/c1-7-12-14-16-18-20-38-60(39-21-19-17-15-13-8-2)56-43-47(9-3)31-37-52(56)54-45-59-55(44-57(54)60)53-36-26-46(6)42-58(53)61(59,50-32-27-48(28-33-50)24-22-40-62-10-4)51-34-29-49(30-35-51)25-23-41-63-11-5/h9,26-37,42-45,53,58H,3,7-8,10-25,38-41H2,1-2,4-6H3. The quantitative estimate of drug-likeness (QED) is 0.0557. The molecule has 2 atom stereocenters. The van der Waals surface area contributed by atoms with Crippen LogP contribution in [0.25, 0.3) is 17.2 Å². The van der Waals surface area contributed by atoms with Crippen molar-refractivity contribution in [2.24, 2.45) is 5.92 Å². The van der Waals surface area contributed by atoms with Crippen LogP contribution in [0, 0.1) is 5.92 Å². The fourth-order valence-corrected chi connectivity index (χ4v) is 11.9. The van der Waals surface area contributed by atoms with E-state index >= 15 is 0 Å². The van der Waals surface area contributed by atoms with E-state index in [1.807, 2.05) is 0 Å². The molecular weight excluding hydrogens is 765 g/mol. The fraction of sp³-hybridized carbons (Fsp3) is 0.508. The molecule has 4 aromatic rings. The van der Waals surface area contributed by atoms with Gasteiger partial charge in [-0.25, -0.2) is 0 Å². The van der Waals surface area contributed by atoms with E-state index < -0.39 is 0 Å². The van der Waals surface area contributed by atoms with Crippen LogP contribution in [0.4, 0.5) is 0 Å². The summed E-state index contributed by atoms with van der Waals surface area (Å²) in [6.45, 7) is 18.6. The maximum atomic E-state index is 5.74. The number of ether oxygens (including phenoxy) is 2. The van der Waals surface area contributed by atoms with Gasteiger partial charge in [-0.05, 0) is 127 Å². The van der Waals surface area contributed by atoms with Crippen molar-refractivity contribution >= 4 is 6.08 Å². The maximum absolute atomic E-state index is 5.74. The fourth-order valence-electron chi connectivity index (χ4n) is 11.9. The normalized spacial score (nSPS) is 17.6. The summed E-state index contributed by atoms with van der Waals surface area (Å²) in [5, 5.41) is 0. The molecule has 2 nitrogen and oxygen atoms in total. The van der Waals surface area contributed by atoms with Crippen LogP contribution in [-0.2, 0) is 33.1 Å². The van der Waals surface area contributed by atoms with Crippen LogP contribution in [0.1, 0.15) is 193 Å². The minimum atomic E-state index is -0.347. The Balaban J connectivity index is 1.40. The number of hydrogen-bond acceptors (Lipinski definition) is 2. The van der Waals surface area contributed by atoms with Crippen molar-refractivity contribution < 1.29 is 9.47 Å². The van der Waals surface area contributed by atoms with Gasteiger partial charge in [0.15, 0.2) is 0 Å². The Morgan fingerprint density at radius 1 is 0.571 bits per heavy atom. The molecule has 63 heavy (non-hydrogen) atoms. The van der Waals surface area contributed by atoms with Crippen LogP contribution >= 0.6 is 0 Å². The third-order valence-electron chi connectivity index (χ3n) is 15.1. The number of hydrogen-bond donors (Lipinski definition) is 0. The van der Waals surface area contributed by atoms with Gasteiger partial charge in [0.05, 0.1) is 5.41 Å². The van der Waals surface area contributed by atoms with Crippen LogP contribution in [0.2, 0.25) is 0 Å². The van der Waals surface area contributed by atoms with Crippen LogP contribution in [0.15, 0.2) is 109 Å². The summed E-state index contributed by atoms with van der Waals surface area (Å²) in [6.07, 6.45) is 32.1. The molecular formula is C61H80O2. The van der Waals surface area contributed by atoms with E-state index in [9.17, 15) is 0 Å². The first-order valence-corrected chi connectivity index (χ1v) is 25.6. The van der Waals surface area contributed by atoms with Crippen LogP contribution in [0.3, 0.4) is 0 Å². The molecule has 2 unspecified atom stereocenters. The minimum absolute atomic E-state index is 0.00535. The molecule has 3 aliphatic rings. The first-order chi connectivity index (χ1) is 30.9. The SMILES string of the molecule is C=Cc1ccc2c(c1)C(CCCCCCCC)(CCCCCCCC)c1cc3c(cc1-2)C(c1ccc(CCCOCC)cc1)(c1ccc(CCCOCC)cc1)C1C=C(C)C=CC31. The van der Waals surface area contributed by atoms with Gasteiger partial charge in [-0.1, -0.05) is 200 Å². The largest absolute Gasteiger partial charge is 0.382 e. The second kappa shape index (κ2) is 22.8. The zero-order chi connectivity index (χ0) is 44.1. The maximum Gasteiger partial charge on any atom is 0.0525 e. The lowest BCUT2D eigenvalue weighted by Gasteiger charge is -2.39. The molecule has 0 heterocycles. The number of rotatable bonds is 27. The molecule has 0 spiro atoms. The van der Waals surface area contributed by atoms with E-state index in [0.29, 0.717) is 5.92 Å². The smallest absolute Gasteiger partial charge is 0.0525 e. The first-order valence-electron chi connectivity index (χ1n) is 25.6. The van der Waals surface area contributed by atoms with E-state index in [1.165, 1.54) is 146 Å². The summed E-state index contributed by atoms with van der Waals surface area (Å²) in [6, 6.07) is 32.4. The Hall–Kier alpha value is -3.98. The van der Waals surface area contributed by atoms with Crippen molar-refractivity contribution in [3.63, 3.8) is 0 Å². The lowest BCUT2D eigenvalue weighted by atomic mass is 9.62. The average Bonchev–Trinajstić information content (AvgIpc) is 3.74. The second-order valence-corrected chi connectivity index (χ2v) is 19.2. The van der Waals surface area contributed by atoms with Gasteiger partial charge >= 0.3 is 0 Å². The molecule has 0 bridgehead atoms. The van der Waals surface area contributed by atoms with Crippen LogP contribution in [-0.4, -0.2) is 26.4 Å². The van der Waals surface area contributed by atoms with Crippen LogP contribution < -0.4 is 0 Å². The summed E-state index contributed by atoms with van der Waals surface area (Å²) < 4.78 is 11.5. The number of aryl methyl sites for hydroxylation is 2. The summed E-state index contributed by atoms with van der Waals surface area (Å²) in [7, 11) is 0. The van der Waals surface area contributed by atoms with Gasteiger partial charge in [0, 0.05) is 43.7 Å². The molecule has 7 rings (SSSR count). The Morgan fingerprint density at radius 2 is 1.11 bits per heavy atom. The lowest BCUT2D eigenvalue weighted by molar-refractivity contribution is 0.145. The molecule has 0 amide bonds. The molecule has 2 heteroatoms. The van der Waals surface area contributed by atoms with E-state index in [0.717, 1.165) is 52.1 Å². The highest BCUT2D eigenvalue weighted by Crippen LogP contribution is 2.64. The molecule has 3 aliphatic carbocycles. The molecule has 336 valence electrons. The minimum Gasteiger partial charge on any atom is -0.382 e. The van der Waals surface area contributed by atoms with Gasteiger partial charge in [0.1, 0.15) is 0 Å². The van der Waals surface area contributed by atoms with E-state index in [1.54, 1.807) is 11.1 Å². The van der Waals surface area contributed by atoms with Crippen molar-refractivity contribution in [3.8, 4) is 11.1 Å². The van der Waals surface area contributed by atoms with Crippen molar-refractivity contribution in [3.05, 3.63) is 159 Å². The third-order valence-corrected chi connectivity index (χ3v) is 15.1. The van der Waals surface area contributed by atoms with Crippen molar-refractivity contribution in [1.82, 2.24) is 0 Å². The Bertz CT molecular complexity index is 2060. The monoisotopic (exact) mass is 845 g/mol. The highest BCUT2D eigenvalue weighted by molar-refractivity contribution is 5.85. The number of benzene rings is 4. The molecule has 0 radical (unpaired) electrons. The predicted molar refractivity (Wildman–Crippen MR) is 270 cm³/mol. The van der Waals surface area contributed by atoms with Crippen LogP contribution in [0.5, 0.6) is 0 Å². The summed E-state index contributed by atoms with van der Waals surface area (Å²) >= 11 is 0. The molecule has 0 aromatic heterocycles. The second-order valence-electron chi connectivity index (χ2n) is 19.2. The van der Waals surface area contributed by atoms with Gasteiger partial charge in [0.25, 0.3) is 0 Å². The first kappa shape index (κ1) is 47.0. The number of fused-ring (bicyclic) bond motifs is 6. The average molecular weight is 845 g/mol. The Kier molecular flexibility index (Phi) is 17.0. The van der Waals surface area contributed by atoms with Crippen molar-refractivity contribution in [1.29, 1.82) is 0 Å². The van der Waals surface area contributed by atoms with Gasteiger partial charge < -0.3 is 9.47 Å². The molecule has 0 saturated carbocycles. The Morgan fingerprint density at radius 3 is 1.65 bits per heavy atom. The molecule has 0 N–H and O–H groups in total. The topological polar surface area (TPSA) is 18.5 Å². The molecule has 4 aromatic carbocycles. The van der Waals surface area contributed by atoms with E-state index in [4.69, 9.17) is 9.47 Å². The molecule has 0 aliphatic heterocycles. The Labute approximate surface area is 383 Å². The highest BCUT2D eigenvalue weighted by Gasteiger charge is 2.55. The van der Waals surface area contributed by atoms with Gasteiger partial charge in [0.2, 0.25) is 0 Å². The van der Waals surface area contributed by atoms with Crippen molar-refractivity contribution in [2.45, 2.75) is 167 Å². The van der Waals surface area contributed by atoms with E-state index in [-0.39, 0.29) is 16.7 Å². The molecule has 0 saturated heterocycles. The number of unbranched alkanes of at least 4 members (excludes halogenated alkanes) is 10. The summed E-state index contributed by atoms with van der Waals surface area (Å²) in [5.74, 6) is 0.556. The lowest BCUT2D eigenvalue weighted by Crippen LogP contribution is -2.35. The van der Waals surface area contributed by atoms with Gasteiger partial charge in [-0.15, -0.1) is 0 Å². The zero-order valence-electron chi connectivity index (χ0n) is 40.0. The summed E-state index contributed by atoms with van der Waals surface area (Å²) in [4.78, 5) is 0. The van der Waals surface area contributed by atoms with Gasteiger partial charge in [-0.2, -0.15) is 0 Å². The number of allylic oxidation sites excluding steroid dienone is 4.